The molecule has 1 aliphatic rings. The lowest BCUT2D eigenvalue weighted by molar-refractivity contribution is -0.139. The molecule has 0 bridgehead atoms. The summed E-state index contributed by atoms with van der Waals surface area (Å²) in [5.74, 6) is -0.357. The van der Waals surface area contributed by atoms with Crippen molar-refractivity contribution < 1.29 is 22.7 Å². The second-order valence-corrected chi connectivity index (χ2v) is 12.5. The van der Waals surface area contributed by atoms with Gasteiger partial charge >= 0.3 is 0 Å². The first-order valence-corrected chi connectivity index (χ1v) is 15.6. The van der Waals surface area contributed by atoms with Gasteiger partial charge in [0, 0.05) is 23.7 Å². The molecule has 10 heteroatoms. The van der Waals surface area contributed by atoms with Gasteiger partial charge in [-0.05, 0) is 61.7 Å². The topological polar surface area (TPSA) is 96.0 Å². The summed E-state index contributed by atoms with van der Waals surface area (Å²) in [6.07, 6.45) is 5.06. The van der Waals surface area contributed by atoms with Crippen molar-refractivity contribution in [2.45, 2.75) is 62.6 Å². The number of halogens is 1. The molecule has 41 heavy (non-hydrogen) atoms. The van der Waals surface area contributed by atoms with E-state index in [2.05, 4.69) is 5.32 Å². The van der Waals surface area contributed by atoms with Crippen LogP contribution in [0.15, 0.2) is 83.8 Å². The third-order valence-corrected chi connectivity index (χ3v) is 9.34. The van der Waals surface area contributed by atoms with E-state index in [0.29, 0.717) is 10.8 Å². The Kier molecular flexibility index (Phi) is 10.3. The van der Waals surface area contributed by atoms with Crippen molar-refractivity contribution in [2.75, 3.05) is 18.0 Å². The third kappa shape index (κ3) is 7.80. The number of anilines is 1. The van der Waals surface area contributed by atoms with Crippen molar-refractivity contribution in [1.29, 1.82) is 0 Å². The molecule has 8 nitrogen and oxygen atoms in total. The van der Waals surface area contributed by atoms with Crippen molar-refractivity contribution in [3.63, 3.8) is 0 Å². The van der Waals surface area contributed by atoms with Crippen molar-refractivity contribution >= 4 is 39.1 Å². The summed E-state index contributed by atoms with van der Waals surface area (Å²) in [5, 5.41) is 3.60. The Balaban J connectivity index is 1.68. The molecule has 2 amide bonds. The highest BCUT2D eigenvalue weighted by molar-refractivity contribution is 7.92. The molecule has 4 rings (SSSR count). The largest absolute Gasteiger partial charge is 0.497 e. The summed E-state index contributed by atoms with van der Waals surface area (Å²) in [6, 6.07) is 20.7. The standard InChI is InChI=1S/C31H36ClN3O5S/c1-23(31(37)33-26-13-5-3-6-14-26)34(21-24-11-9-12-25(32)19-24)30(36)22-35(27-15-10-16-28(20-27)40-2)41(38,39)29-17-7-4-8-18-29/h4,7-12,15-20,23,26H,3,5-6,13-14,21-22H2,1-2H3,(H,33,37)/t23-/m1/s1. The van der Waals surface area contributed by atoms with Gasteiger partial charge in [-0.25, -0.2) is 8.42 Å². The number of carbonyl (C=O) groups excluding carboxylic acids is 2. The Morgan fingerprint density at radius 2 is 1.68 bits per heavy atom. The van der Waals surface area contributed by atoms with Gasteiger partial charge in [0.25, 0.3) is 10.0 Å². The molecule has 0 aromatic heterocycles. The van der Waals surface area contributed by atoms with Gasteiger partial charge in [-0.3, -0.25) is 13.9 Å². The number of hydrogen-bond acceptors (Lipinski definition) is 5. The minimum Gasteiger partial charge on any atom is -0.497 e. The number of hydrogen-bond donors (Lipinski definition) is 1. The zero-order valence-electron chi connectivity index (χ0n) is 23.3. The zero-order valence-corrected chi connectivity index (χ0v) is 24.9. The Morgan fingerprint density at radius 1 is 0.976 bits per heavy atom. The van der Waals surface area contributed by atoms with Gasteiger partial charge in [0.1, 0.15) is 18.3 Å². The molecule has 218 valence electrons. The van der Waals surface area contributed by atoms with Gasteiger partial charge in [0.05, 0.1) is 17.7 Å². The van der Waals surface area contributed by atoms with Crippen LogP contribution in [0.1, 0.15) is 44.6 Å². The van der Waals surface area contributed by atoms with Crippen LogP contribution in [0.5, 0.6) is 5.75 Å². The molecular formula is C31H36ClN3O5S. The number of nitrogens with one attached hydrogen (secondary N) is 1. The van der Waals surface area contributed by atoms with E-state index in [9.17, 15) is 18.0 Å². The van der Waals surface area contributed by atoms with E-state index >= 15 is 0 Å². The molecule has 0 spiro atoms. The van der Waals surface area contributed by atoms with Crippen LogP contribution in [0, 0.1) is 0 Å². The maximum absolute atomic E-state index is 14.1. The lowest BCUT2D eigenvalue weighted by Crippen LogP contribution is -2.53. The highest BCUT2D eigenvalue weighted by Gasteiger charge is 2.33. The smallest absolute Gasteiger partial charge is 0.264 e. The van der Waals surface area contributed by atoms with Crippen LogP contribution in [-0.4, -0.2) is 50.9 Å². The molecule has 1 aliphatic carbocycles. The summed E-state index contributed by atoms with van der Waals surface area (Å²) in [6.45, 7) is 1.23. The first-order valence-electron chi connectivity index (χ1n) is 13.7. The monoisotopic (exact) mass is 597 g/mol. The lowest BCUT2D eigenvalue weighted by atomic mass is 9.95. The van der Waals surface area contributed by atoms with Crippen LogP contribution in [-0.2, 0) is 26.2 Å². The van der Waals surface area contributed by atoms with E-state index in [1.54, 1.807) is 67.6 Å². The fourth-order valence-corrected chi connectivity index (χ4v) is 6.64. The molecule has 1 fully saturated rings. The predicted octanol–water partition coefficient (Wildman–Crippen LogP) is 5.41. The number of carbonyl (C=O) groups is 2. The van der Waals surface area contributed by atoms with E-state index in [1.807, 2.05) is 6.07 Å². The first-order chi connectivity index (χ1) is 19.7. The van der Waals surface area contributed by atoms with Crippen molar-refractivity contribution in [3.05, 3.63) is 89.4 Å². The average Bonchev–Trinajstić information content (AvgIpc) is 2.99. The molecule has 0 heterocycles. The quantitative estimate of drug-likeness (QED) is 0.319. The number of amides is 2. The van der Waals surface area contributed by atoms with E-state index in [4.69, 9.17) is 16.3 Å². The van der Waals surface area contributed by atoms with Gasteiger partial charge in [-0.2, -0.15) is 0 Å². The minimum atomic E-state index is -4.15. The Hall–Kier alpha value is -3.56. The lowest BCUT2D eigenvalue weighted by Gasteiger charge is -2.33. The maximum atomic E-state index is 14.1. The molecule has 0 unspecified atom stereocenters. The Labute approximate surface area is 247 Å². The van der Waals surface area contributed by atoms with Gasteiger partial charge < -0.3 is 15.0 Å². The fourth-order valence-electron chi connectivity index (χ4n) is 5.00. The minimum absolute atomic E-state index is 0.0418. The van der Waals surface area contributed by atoms with Crippen LogP contribution >= 0.6 is 11.6 Å². The number of ether oxygens (including phenoxy) is 1. The number of sulfonamides is 1. The molecule has 3 aromatic rings. The van der Waals surface area contributed by atoms with E-state index in [0.717, 1.165) is 42.0 Å². The molecule has 1 atom stereocenters. The van der Waals surface area contributed by atoms with Gasteiger partial charge in [-0.15, -0.1) is 0 Å². The van der Waals surface area contributed by atoms with Gasteiger partial charge in [0.2, 0.25) is 11.8 Å². The first kappa shape index (κ1) is 30.4. The second kappa shape index (κ2) is 13.9. The highest BCUT2D eigenvalue weighted by Crippen LogP contribution is 2.28. The highest BCUT2D eigenvalue weighted by atomic mass is 35.5. The molecule has 1 N–H and O–H groups in total. The molecular weight excluding hydrogens is 562 g/mol. The summed E-state index contributed by atoms with van der Waals surface area (Å²) in [4.78, 5) is 28.9. The van der Waals surface area contributed by atoms with Crippen LogP contribution in [0.3, 0.4) is 0 Å². The molecule has 0 radical (unpaired) electrons. The Bertz CT molecular complexity index is 1440. The summed E-state index contributed by atoms with van der Waals surface area (Å²) < 4.78 is 34.1. The number of rotatable bonds is 11. The summed E-state index contributed by atoms with van der Waals surface area (Å²) in [5.41, 5.74) is 0.991. The molecule has 3 aromatic carbocycles. The number of nitrogens with zero attached hydrogens (tertiary/aromatic N) is 2. The Morgan fingerprint density at radius 3 is 2.37 bits per heavy atom. The summed E-state index contributed by atoms with van der Waals surface area (Å²) >= 11 is 6.22. The third-order valence-electron chi connectivity index (χ3n) is 7.31. The van der Waals surface area contributed by atoms with E-state index < -0.39 is 28.5 Å². The predicted molar refractivity (Wildman–Crippen MR) is 160 cm³/mol. The average molecular weight is 598 g/mol. The van der Waals surface area contributed by atoms with Gasteiger partial charge in [0.15, 0.2) is 0 Å². The number of benzene rings is 3. The van der Waals surface area contributed by atoms with Crippen molar-refractivity contribution in [3.8, 4) is 5.75 Å². The van der Waals surface area contributed by atoms with Crippen LogP contribution in [0.4, 0.5) is 5.69 Å². The zero-order chi connectivity index (χ0) is 29.4. The van der Waals surface area contributed by atoms with Crippen molar-refractivity contribution in [2.24, 2.45) is 0 Å². The molecule has 1 saturated carbocycles. The van der Waals surface area contributed by atoms with E-state index in [-0.39, 0.29) is 29.1 Å². The maximum Gasteiger partial charge on any atom is 0.264 e. The fraction of sp³-hybridized carbons (Fsp3) is 0.355. The molecule has 0 aliphatic heterocycles. The SMILES string of the molecule is COc1cccc(N(CC(=O)N(Cc2cccc(Cl)c2)[C@H](C)C(=O)NC2CCCCC2)S(=O)(=O)c2ccccc2)c1. The van der Waals surface area contributed by atoms with Crippen LogP contribution < -0.4 is 14.4 Å². The van der Waals surface area contributed by atoms with E-state index in [1.165, 1.54) is 24.1 Å². The molecule has 0 saturated heterocycles. The van der Waals surface area contributed by atoms with Crippen molar-refractivity contribution in [1.82, 2.24) is 10.2 Å². The second-order valence-electron chi connectivity index (χ2n) is 10.2. The normalized spacial score (nSPS) is 14.6. The van der Waals surface area contributed by atoms with Crippen LogP contribution in [0.2, 0.25) is 5.02 Å². The summed E-state index contributed by atoms with van der Waals surface area (Å²) in [7, 11) is -2.66. The van der Waals surface area contributed by atoms with Crippen LogP contribution in [0.25, 0.3) is 0 Å². The number of methoxy groups -OCH3 is 1. The van der Waals surface area contributed by atoms with Gasteiger partial charge in [-0.1, -0.05) is 67.3 Å².